The predicted octanol–water partition coefficient (Wildman–Crippen LogP) is 5.88. The van der Waals surface area contributed by atoms with E-state index in [0.29, 0.717) is 43.2 Å². The lowest BCUT2D eigenvalue weighted by Crippen LogP contribution is -2.51. The van der Waals surface area contributed by atoms with Crippen molar-refractivity contribution in [2.24, 2.45) is 0 Å². The summed E-state index contributed by atoms with van der Waals surface area (Å²) < 4.78 is 24.7. The number of benzene rings is 3. The van der Waals surface area contributed by atoms with Crippen LogP contribution < -0.4 is 9.47 Å². The van der Waals surface area contributed by atoms with Gasteiger partial charge in [0.1, 0.15) is 48.1 Å². The number of para-hydroxylation sites is 1. The number of pyridine rings is 2. The van der Waals surface area contributed by atoms with E-state index in [1.165, 1.54) is 4.90 Å². The van der Waals surface area contributed by atoms with Crippen molar-refractivity contribution in [1.82, 2.24) is 19.3 Å². The molecule has 0 spiro atoms. The Morgan fingerprint density at radius 1 is 0.957 bits per heavy atom. The maximum Gasteiger partial charge on any atom is 0.410 e. The largest absolute Gasteiger partial charge is 0.491 e. The molecule has 1 aliphatic rings. The van der Waals surface area contributed by atoms with E-state index >= 15 is 0 Å². The number of methoxy groups -OCH3 is 1. The van der Waals surface area contributed by atoms with Crippen molar-refractivity contribution in [1.29, 1.82) is 0 Å². The fraction of sp³-hybridized carbons (Fsp3) is 0.250. The zero-order valence-electron chi connectivity index (χ0n) is 25.4. The quantitative estimate of drug-likeness (QED) is 0.200. The summed E-state index contributed by atoms with van der Waals surface area (Å²) in [5.74, 6) is 1.28. The minimum atomic E-state index is -0.889. The Labute approximate surface area is 265 Å². The Kier molecular flexibility index (Phi) is 8.37. The molecule has 7 rings (SSSR count). The Hall–Kier alpha value is -5.19. The van der Waals surface area contributed by atoms with E-state index in [1.54, 1.807) is 13.3 Å². The van der Waals surface area contributed by atoms with E-state index < -0.39 is 18.3 Å². The summed E-state index contributed by atoms with van der Waals surface area (Å²) in [7, 11) is 1.64. The van der Waals surface area contributed by atoms with Crippen LogP contribution in [0, 0.1) is 0 Å². The number of β-amino-alcohol motifs (C(OH)–C–C–N with tert-alkyl or cyclic N) is 1. The summed E-state index contributed by atoms with van der Waals surface area (Å²) in [4.78, 5) is 23.9. The number of piperidine rings is 1. The molecular weight excluding hydrogens is 584 g/mol. The molecule has 10 nitrogen and oxygen atoms in total. The Morgan fingerprint density at radius 2 is 1.80 bits per heavy atom. The number of ether oxygens (including phenoxy) is 4. The number of aliphatic hydroxyl groups is 1. The van der Waals surface area contributed by atoms with E-state index in [9.17, 15) is 9.90 Å². The fourth-order valence-corrected chi connectivity index (χ4v) is 5.78. The van der Waals surface area contributed by atoms with E-state index in [1.807, 2.05) is 95.5 Å². The zero-order chi connectivity index (χ0) is 31.5. The van der Waals surface area contributed by atoms with Gasteiger partial charge in [-0.1, -0.05) is 54.6 Å². The highest BCUT2D eigenvalue weighted by Gasteiger charge is 2.33. The van der Waals surface area contributed by atoms with E-state index in [0.717, 1.165) is 38.8 Å². The number of carbonyl (C=O) groups is 1. The van der Waals surface area contributed by atoms with Crippen LogP contribution >= 0.6 is 0 Å². The predicted molar refractivity (Wildman–Crippen MR) is 174 cm³/mol. The molecule has 1 aliphatic heterocycles. The number of amides is 1. The molecule has 1 N–H and O–H groups in total. The van der Waals surface area contributed by atoms with Crippen molar-refractivity contribution in [3.8, 4) is 22.9 Å². The second-order valence-electron chi connectivity index (χ2n) is 11.3. The monoisotopic (exact) mass is 618 g/mol. The summed E-state index contributed by atoms with van der Waals surface area (Å²) in [6.07, 6.45) is 2.29. The summed E-state index contributed by atoms with van der Waals surface area (Å²) in [5, 5.41) is 14.2. The van der Waals surface area contributed by atoms with Crippen LogP contribution in [0.3, 0.4) is 0 Å². The van der Waals surface area contributed by atoms with Crippen LogP contribution in [0.2, 0.25) is 0 Å². The number of rotatable bonds is 9. The first-order valence-corrected chi connectivity index (χ1v) is 15.3. The number of aromatic nitrogens is 3. The molecule has 0 radical (unpaired) electrons. The molecule has 46 heavy (non-hydrogen) atoms. The maximum absolute atomic E-state index is 12.9. The maximum atomic E-state index is 12.9. The minimum absolute atomic E-state index is 0.115. The van der Waals surface area contributed by atoms with Crippen LogP contribution in [0.4, 0.5) is 4.79 Å². The summed E-state index contributed by atoms with van der Waals surface area (Å²) in [6.45, 7) is 1.64. The molecule has 2 atom stereocenters. The normalized spacial score (nSPS) is 16.6. The lowest BCUT2D eigenvalue weighted by atomic mass is 10.0. The third-order valence-electron chi connectivity index (χ3n) is 8.22. The number of carbonyl (C=O) groups excluding carboxylic acids is 1. The summed E-state index contributed by atoms with van der Waals surface area (Å²) >= 11 is 0. The molecule has 0 saturated carbocycles. The average Bonchev–Trinajstić information content (AvgIpc) is 3.51. The first-order chi connectivity index (χ1) is 22.6. The van der Waals surface area contributed by atoms with Gasteiger partial charge in [0.15, 0.2) is 0 Å². The van der Waals surface area contributed by atoms with E-state index in [2.05, 4.69) is 4.98 Å². The van der Waals surface area contributed by atoms with Gasteiger partial charge in [-0.2, -0.15) is 0 Å². The van der Waals surface area contributed by atoms with Gasteiger partial charge >= 0.3 is 6.09 Å². The van der Waals surface area contributed by atoms with Gasteiger partial charge < -0.3 is 29.0 Å². The molecule has 0 bridgehead atoms. The number of aliphatic hydroxyl groups excluding tert-OH is 1. The van der Waals surface area contributed by atoms with Gasteiger partial charge in [-0.05, 0) is 40.6 Å². The summed E-state index contributed by atoms with van der Waals surface area (Å²) in [5.41, 5.74) is 3.88. The smallest absolute Gasteiger partial charge is 0.410 e. The van der Waals surface area contributed by atoms with Crippen LogP contribution in [0.15, 0.2) is 97.3 Å². The second kappa shape index (κ2) is 13.0. The van der Waals surface area contributed by atoms with Crippen LogP contribution in [0.1, 0.15) is 12.0 Å². The van der Waals surface area contributed by atoms with E-state index in [-0.39, 0.29) is 13.2 Å². The lowest BCUT2D eigenvalue weighted by molar-refractivity contribution is -0.0247. The number of nitrogens with zero attached hydrogens (tertiary/aromatic N) is 4. The molecule has 1 amide bonds. The molecule has 6 aromatic rings. The Morgan fingerprint density at radius 3 is 2.67 bits per heavy atom. The van der Waals surface area contributed by atoms with Crippen LogP contribution in [-0.4, -0.2) is 76.1 Å². The topological polar surface area (TPSA) is 108 Å². The number of likely N-dealkylation sites (tertiary alicyclic amines) is 1. The van der Waals surface area contributed by atoms with Gasteiger partial charge in [0.2, 0.25) is 0 Å². The number of hydrogen-bond acceptors (Lipinski definition) is 8. The van der Waals surface area contributed by atoms with Crippen molar-refractivity contribution >= 4 is 33.4 Å². The summed E-state index contributed by atoms with van der Waals surface area (Å²) in [6, 6.07) is 27.5. The molecule has 4 heterocycles. The minimum Gasteiger partial charge on any atom is -0.491 e. The SMILES string of the molecule is COCCOc1ccn2c(-c3ccc4cccc(O[C@@H]5CCN(C(=O)OCc6ccc7ccccc7c6)C[C@@H]5O)c4n3)cnc2c1. The highest BCUT2D eigenvalue weighted by atomic mass is 16.6. The van der Waals surface area contributed by atoms with Gasteiger partial charge in [-0.3, -0.25) is 4.40 Å². The molecule has 1 fully saturated rings. The molecule has 0 aliphatic carbocycles. The van der Waals surface area contributed by atoms with Gasteiger partial charge in [-0.25, -0.2) is 14.8 Å². The van der Waals surface area contributed by atoms with Gasteiger partial charge in [0, 0.05) is 37.7 Å². The molecule has 0 unspecified atom stereocenters. The van der Waals surface area contributed by atoms with Crippen LogP contribution in [-0.2, 0) is 16.1 Å². The van der Waals surface area contributed by atoms with Crippen molar-refractivity contribution < 1.29 is 28.8 Å². The standard InChI is InChI=1S/C36H34N4O6/c1-43-17-18-44-28-13-16-40-30(21-37-34(40)20-28)29-12-11-26-7-4-8-33(35(26)38-29)46-32-14-15-39(22-31(32)41)36(42)45-23-24-9-10-25-5-2-3-6-27(25)19-24/h2-13,16,19-21,31-32,41H,14-15,17-18,22-23H2,1H3/t31-,32+/m0/s1. The van der Waals surface area contributed by atoms with Gasteiger partial charge in [0.25, 0.3) is 0 Å². The number of imidazole rings is 1. The fourth-order valence-electron chi connectivity index (χ4n) is 5.78. The highest BCUT2D eigenvalue weighted by Crippen LogP contribution is 2.30. The number of fused-ring (bicyclic) bond motifs is 3. The first kappa shape index (κ1) is 29.5. The molecule has 10 heteroatoms. The van der Waals surface area contributed by atoms with Crippen molar-refractivity contribution in [2.45, 2.75) is 25.2 Å². The van der Waals surface area contributed by atoms with Crippen molar-refractivity contribution in [3.63, 3.8) is 0 Å². The molecule has 3 aromatic heterocycles. The third-order valence-corrected chi connectivity index (χ3v) is 8.22. The first-order valence-electron chi connectivity index (χ1n) is 15.3. The van der Waals surface area contributed by atoms with Gasteiger partial charge in [-0.15, -0.1) is 0 Å². The zero-order valence-corrected chi connectivity index (χ0v) is 25.4. The second-order valence-corrected chi connectivity index (χ2v) is 11.3. The Bertz CT molecular complexity index is 2010. The van der Waals surface area contributed by atoms with Crippen molar-refractivity contribution in [3.05, 3.63) is 103 Å². The van der Waals surface area contributed by atoms with E-state index in [4.69, 9.17) is 23.9 Å². The molecular formula is C36H34N4O6. The van der Waals surface area contributed by atoms with Crippen LogP contribution in [0.5, 0.6) is 11.5 Å². The number of hydrogen-bond donors (Lipinski definition) is 1. The molecule has 3 aromatic carbocycles. The lowest BCUT2D eigenvalue weighted by Gasteiger charge is -2.35. The van der Waals surface area contributed by atoms with Gasteiger partial charge in [0.05, 0.1) is 30.7 Å². The third kappa shape index (κ3) is 6.17. The van der Waals surface area contributed by atoms with Crippen LogP contribution in [0.25, 0.3) is 38.7 Å². The average molecular weight is 619 g/mol. The molecule has 234 valence electrons. The van der Waals surface area contributed by atoms with Crippen molar-refractivity contribution in [2.75, 3.05) is 33.4 Å². The Balaban J connectivity index is 1.02. The molecule has 1 saturated heterocycles. The highest BCUT2D eigenvalue weighted by molar-refractivity contribution is 5.87.